The van der Waals surface area contributed by atoms with Crippen LogP contribution in [0.3, 0.4) is 0 Å². The molecule has 1 aliphatic rings. The minimum atomic E-state index is -3.37. The van der Waals surface area contributed by atoms with Gasteiger partial charge in [-0.3, -0.25) is 0 Å². The third kappa shape index (κ3) is 2.42. The van der Waals surface area contributed by atoms with E-state index in [2.05, 4.69) is 10.6 Å². The van der Waals surface area contributed by atoms with Crippen LogP contribution in [0.5, 0.6) is 0 Å². The fourth-order valence-electron chi connectivity index (χ4n) is 1.98. The molecule has 94 valence electrons. The molecule has 0 saturated heterocycles. The summed E-state index contributed by atoms with van der Waals surface area (Å²) >= 11 is 0. The van der Waals surface area contributed by atoms with Crippen molar-refractivity contribution in [1.29, 1.82) is 0 Å². The van der Waals surface area contributed by atoms with Gasteiger partial charge in [0.1, 0.15) is 5.82 Å². The van der Waals surface area contributed by atoms with Gasteiger partial charge in [0.25, 0.3) is 0 Å². The summed E-state index contributed by atoms with van der Waals surface area (Å²) in [6.45, 7) is 0.691. The number of rotatable bonds is 3. The van der Waals surface area contributed by atoms with E-state index < -0.39 is 15.7 Å². The average molecular weight is 258 g/mol. The Morgan fingerprint density at radius 2 is 2.29 bits per heavy atom. The number of benzene rings is 1. The smallest absolute Gasteiger partial charge is 0.182 e. The molecule has 0 amide bonds. The standard InChI is InChI=1S/C11H15FN2O2S/c1-13-6-5-8-7-17(15,16)10-4-2-3-9(12)11(10)14-8/h2-4,8,13-14H,5-7H2,1H3. The molecule has 0 bridgehead atoms. The van der Waals surface area contributed by atoms with Gasteiger partial charge in [-0.1, -0.05) is 6.07 Å². The molecule has 0 fully saturated rings. The van der Waals surface area contributed by atoms with Gasteiger partial charge in [-0.05, 0) is 32.1 Å². The number of hydrogen-bond donors (Lipinski definition) is 2. The average Bonchev–Trinajstić information content (AvgIpc) is 2.27. The van der Waals surface area contributed by atoms with Gasteiger partial charge >= 0.3 is 0 Å². The maximum Gasteiger partial charge on any atom is 0.182 e. The fraction of sp³-hybridized carbons (Fsp3) is 0.455. The Kier molecular flexibility index (Phi) is 3.35. The van der Waals surface area contributed by atoms with E-state index in [-0.39, 0.29) is 22.4 Å². The minimum absolute atomic E-state index is 0.0190. The van der Waals surface area contributed by atoms with Crippen molar-refractivity contribution in [3.63, 3.8) is 0 Å². The molecular formula is C11H15FN2O2S. The van der Waals surface area contributed by atoms with Crippen LogP contribution in [0.1, 0.15) is 6.42 Å². The Bertz CT molecular complexity index is 516. The summed E-state index contributed by atoms with van der Waals surface area (Å²) in [6.07, 6.45) is 0.642. The zero-order valence-corrected chi connectivity index (χ0v) is 10.3. The number of sulfone groups is 1. The third-order valence-electron chi connectivity index (χ3n) is 2.82. The topological polar surface area (TPSA) is 58.2 Å². The maximum atomic E-state index is 13.6. The van der Waals surface area contributed by atoms with Crippen molar-refractivity contribution in [3.05, 3.63) is 24.0 Å². The lowest BCUT2D eigenvalue weighted by Gasteiger charge is -2.27. The molecule has 1 aromatic rings. The van der Waals surface area contributed by atoms with Crippen molar-refractivity contribution in [2.75, 3.05) is 24.7 Å². The van der Waals surface area contributed by atoms with E-state index in [0.717, 1.165) is 0 Å². The van der Waals surface area contributed by atoms with Gasteiger partial charge in [0.05, 0.1) is 16.3 Å². The van der Waals surface area contributed by atoms with Crippen LogP contribution in [0.2, 0.25) is 0 Å². The van der Waals surface area contributed by atoms with Crippen molar-refractivity contribution in [3.8, 4) is 0 Å². The van der Waals surface area contributed by atoms with Crippen LogP contribution in [0.4, 0.5) is 10.1 Å². The molecule has 6 heteroatoms. The summed E-state index contributed by atoms with van der Waals surface area (Å²) in [6, 6.07) is 3.88. The Hall–Kier alpha value is -1.14. The van der Waals surface area contributed by atoms with E-state index in [0.29, 0.717) is 13.0 Å². The normalized spacial score (nSPS) is 21.6. The van der Waals surface area contributed by atoms with Gasteiger partial charge in [0, 0.05) is 6.04 Å². The van der Waals surface area contributed by atoms with E-state index in [1.54, 1.807) is 7.05 Å². The first kappa shape index (κ1) is 12.3. The first-order valence-corrected chi connectivity index (χ1v) is 7.12. The van der Waals surface area contributed by atoms with Crippen LogP contribution < -0.4 is 10.6 Å². The molecule has 1 heterocycles. The van der Waals surface area contributed by atoms with Crippen LogP contribution in [-0.2, 0) is 9.84 Å². The monoisotopic (exact) mass is 258 g/mol. The summed E-state index contributed by atoms with van der Waals surface area (Å²) in [5.74, 6) is -0.495. The van der Waals surface area contributed by atoms with Crippen molar-refractivity contribution >= 4 is 15.5 Å². The molecular weight excluding hydrogens is 243 g/mol. The minimum Gasteiger partial charge on any atom is -0.378 e. The highest BCUT2D eigenvalue weighted by Gasteiger charge is 2.31. The summed E-state index contributed by atoms with van der Waals surface area (Å²) in [5, 5.41) is 5.91. The van der Waals surface area contributed by atoms with Crippen LogP contribution >= 0.6 is 0 Å². The Morgan fingerprint density at radius 3 is 3.00 bits per heavy atom. The van der Waals surface area contributed by atoms with Crippen LogP contribution in [-0.4, -0.2) is 33.8 Å². The summed E-state index contributed by atoms with van der Waals surface area (Å²) in [5.41, 5.74) is 0.111. The first-order chi connectivity index (χ1) is 8.04. The van der Waals surface area contributed by atoms with E-state index >= 15 is 0 Å². The fourth-order valence-corrected chi connectivity index (χ4v) is 3.69. The van der Waals surface area contributed by atoms with Crippen molar-refractivity contribution < 1.29 is 12.8 Å². The number of anilines is 1. The van der Waals surface area contributed by atoms with Gasteiger partial charge in [0.15, 0.2) is 9.84 Å². The number of para-hydroxylation sites is 1. The van der Waals surface area contributed by atoms with E-state index in [1.807, 2.05) is 0 Å². The van der Waals surface area contributed by atoms with Crippen molar-refractivity contribution in [2.24, 2.45) is 0 Å². The van der Waals surface area contributed by atoms with Gasteiger partial charge in [0.2, 0.25) is 0 Å². The molecule has 0 aromatic heterocycles. The van der Waals surface area contributed by atoms with Crippen molar-refractivity contribution in [2.45, 2.75) is 17.4 Å². The lowest BCUT2D eigenvalue weighted by molar-refractivity contribution is 0.565. The van der Waals surface area contributed by atoms with Crippen LogP contribution in [0, 0.1) is 5.82 Å². The molecule has 17 heavy (non-hydrogen) atoms. The van der Waals surface area contributed by atoms with E-state index in [1.165, 1.54) is 18.2 Å². The number of nitrogens with one attached hydrogen (secondary N) is 2. The van der Waals surface area contributed by atoms with E-state index in [9.17, 15) is 12.8 Å². The summed E-state index contributed by atoms with van der Waals surface area (Å²) in [4.78, 5) is 0.0678. The van der Waals surface area contributed by atoms with Gasteiger partial charge < -0.3 is 10.6 Å². The molecule has 0 saturated carbocycles. The lowest BCUT2D eigenvalue weighted by Crippen LogP contribution is -2.36. The SMILES string of the molecule is CNCCC1CS(=O)(=O)c2cccc(F)c2N1. The second-order valence-corrected chi connectivity index (χ2v) is 6.13. The molecule has 1 aromatic carbocycles. The Morgan fingerprint density at radius 1 is 1.53 bits per heavy atom. The zero-order valence-electron chi connectivity index (χ0n) is 9.53. The van der Waals surface area contributed by atoms with E-state index in [4.69, 9.17) is 0 Å². The number of fused-ring (bicyclic) bond motifs is 1. The quantitative estimate of drug-likeness (QED) is 0.849. The third-order valence-corrected chi connectivity index (χ3v) is 4.67. The number of hydrogen-bond acceptors (Lipinski definition) is 4. The van der Waals surface area contributed by atoms with Crippen molar-refractivity contribution in [1.82, 2.24) is 5.32 Å². The Balaban J connectivity index is 2.35. The predicted octanol–water partition coefficient (Wildman–Crippen LogP) is 1.00. The molecule has 0 radical (unpaired) electrons. The molecule has 0 aliphatic carbocycles. The highest BCUT2D eigenvalue weighted by Crippen LogP contribution is 2.31. The predicted molar refractivity (Wildman–Crippen MR) is 64.4 cm³/mol. The largest absolute Gasteiger partial charge is 0.378 e. The molecule has 1 aliphatic heterocycles. The second-order valence-electron chi connectivity index (χ2n) is 4.13. The molecule has 2 rings (SSSR count). The second kappa shape index (κ2) is 4.62. The molecule has 1 unspecified atom stereocenters. The van der Waals surface area contributed by atoms with Gasteiger partial charge in [-0.25, -0.2) is 12.8 Å². The molecule has 4 nitrogen and oxygen atoms in total. The van der Waals surface area contributed by atoms with Crippen LogP contribution in [0.25, 0.3) is 0 Å². The van der Waals surface area contributed by atoms with Gasteiger partial charge in [-0.2, -0.15) is 0 Å². The maximum absolute atomic E-state index is 13.6. The highest BCUT2D eigenvalue weighted by molar-refractivity contribution is 7.91. The first-order valence-electron chi connectivity index (χ1n) is 5.47. The lowest BCUT2D eigenvalue weighted by atomic mass is 10.2. The summed E-state index contributed by atoms with van der Waals surface area (Å²) < 4.78 is 37.5. The zero-order chi connectivity index (χ0) is 12.5. The molecule has 0 spiro atoms. The number of halogens is 1. The highest BCUT2D eigenvalue weighted by atomic mass is 32.2. The molecule has 2 N–H and O–H groups in total. The van der Waals surface area contributed by atoms with Gasteiger partial charge in [-0.15, -0.1) is 0 Å². The van der Waals surface area contributed by atoms with Crippen LogP contribution in [0.15, 0.2) is 23.1 Å². The summed E-state index contributed by atoms with van der Waals surface area (Å²) in [7, 11) is -1.58. The Labute approximate surface area is 100 Å². The molecule has 1 atom stereocenters.